The van der Waals surface area contributed by atoms with Crippen LogP contribution in [0.25, 0.3) is 99.0 Å². The Hall–Kier alpha value is -6.59. The van der Waals surface area contributed by atoms with Crippen LogP contribution in [-0.2, 0) is 0 Å². The van der Waals surface area contributed by atoms with E-state index in [1.165, 1.54) is 26.9 Å². The van der Waals surface area contributed by atoms with Crippen molar-refractivity contribution in [2.45, 2.75) is 0 Å². The molecule has 5 heteroatoms. The van der Waals surface area contributed by atoms with E-state index < -0.39 is 0 Å². The average molecular weight is 612 g/mol. The van der Waals surface area contributed by atoms with Gasteiger partial charge >= 0.3 is 0 Å². The molecule has 0 fully saturated rings. The smallest absolute Gasteiger partial charge is 0.165 e. The molecule has 0 spiro atoms. The van der Waals surface area contributed by atoms with Gasteiger partial charge in [-0.05, 0) is 35.0 Å². The minimum Gasteiger partial charge on any atom is -0.290 e. The van der Waals surface area contributed by atoms with Crippen LogP contribution in [0, 0.1) is 0 Å². The molecule has 7 aromatic carbocycles. The van der Waals surface area contributed by atoms with E-state index in [9.17, 15) is 0 Å². The second-order valence-corrected chi connectivity index (χ2v) is 12.4. The first-order valence-corrected chi connectivity index (χ1v) is 16.2. The second kappa shape index (κ2) is 9.47. The molecule has 5 nitrogen and oxygen atoms in total. The summed E-state index contributed by atoms with van der Waals surface area (Å²) in [5.74, 6) is 0.794. The molecule has 11 aromatic rings. The third-order valence-electron chi connectivity index (χ3n) is 9.84. The van der Waals surface area contributed by atoms with Crippen molar-refractivity contribution in [1.29, 1.82) is 0 Å². The normalized spacial score (nSPS) is 12.2. The van der Waals surface area contributed by atoms with Gasteiger partial charge in [0.25, 0.3) is 0 Å². The van der Waals surface area contributed by atoms with E-state index in [4.69, 9.17) is 15.0 Å². The van der Waals surface area contributed by atoms with E-state index in [-0.39, 0.29) is 0 Å². The molecule has 4 aromatic heterocycles. The molecular formula is C43H25N5. The summed E-state index contributed by atoms with van der Waals surface area (Å²) in [5.41, 5.74) is 9.81. The van der Waals surface area contributed by atoms with Gasteiger partial charge in [0, 0.05) is 32.5 Å². The Morgan fingerprint density at radius 2 is 0.979 bits per heavy atom. The minimum absolute atomic E-state index is 0.794. The zero-order chi connectivity index (χ0) is 31.3. The Kier molecular flexibility index (Phi) is 5.05. The van der Waals surface area contributed by atoms with Crippen LogP contribution in [0.3, 0.4) is 0 Å². The van der Waals surface area contributed by atoms with Crippen molar-refractivity contribution in [3.05, 3.63) is 152 Å². The number of para-hydroxylation sites is 4. The van der Waals surface area contributed by atoms with Crippen molar-refractivity contribution in [2.75, 3.05) is 0 Å². The molecule has 0 amide bonds. The number of hydrogen-bond acceptors (Lipinski definition) is 3. The number of nitrogens with zero attached hydrogens (tertiary/aromatic N) is 5. The Morgan fingerprint density at radius 1 is 0.396 bits per heavy atom. The van der Waals surface area contributed by atoms with Gasteiger partial charge in [-0.2, -0.15) is 0 Å². The van der Waals surface area contributed by atoms with E-state index in [0.717, 1.165) is 72.1 Å². The van der Waals surface area contributed by atoms with Gasteiger partial charge < -0.3 is 0 Å². The first kappa shape index (κ1) is 25.6. The number of aromatic nitrogens is 5. The summed E-state index contributed by atoms with van der Waals surface area (Å²) in [4.78, 5) is 16.2. The highest BCUT2D eigenvalue weighted by Crippen LogP contribution is 2.45. The highest BCUT2D eigenvalue weighted by Gasteiger charge is 2.26. The van der Waals surface area contributed by atoms with Crippen LogP contribution < -0.4 is 0 Å². The molecule has 48 heavy (non-hydrogen) atoms. The van der Waals surface area contributed by atoms with Gasteiger partial charge in [-0.1, -0.05) is 127 Å². The predicted molar refractivity (Wildman–Crippen MR) is 198 cm³/mol. The lowest BCUT2D eigenvalue weighted by Gasteiger charge is -2.15. The predicted octanol–water partition coefficient (Wildman–Crippen LogP) is 10.7. The molecular weight excluding hydrogens is 587 g/mol. The van der Waals surface area contributed by atoms with Crippen molar-refractivity contribution in [3.63, 3.8) is 0 Å². The van der Waals surface area contributed by atoms with E-state index in [1.807, 2.05) is 30.3 Å². The van der Waals surface area contributed by atoms with Gasteiger partial charge in [0.15, 0.2) is 5.82 Å². The van der Waals surface area contributed by atoms with Gasteiger partial charge in [0.2, 0.25) is 0 Å². The van der Waals surface area contributed by atoms with Gasteiger partial charge in [-0.25, -0.2) is 15.0 Å². The number of imidazole rings is 1. The van der Waals surface area contributed by atoms with Crippen LogP contribution >= 0.6 is 0 Å². The molecule has 0 saturated carbocycles. The van der Waals surface area contributed by atoms with Crippen LogP contribution in [0.1, 0.15) is 0 Å². The van der Waals surface area contributed by atoms with Gasteiger partial charge in [-0.15, -0.1) is 0 Å². The SMILES string of the molecule is c1ccc(-c2nc3ccccc3nc2-n2c3ccccc3c3c4ccccc4c4nc5c6ccccc6c6ccccc6n5c4c32)cc1. The fourth-order valence-electron chi connectivity index (χ4n) is 7.85. The molecule has 0 bridgehead atoms. The molecule has 4 heterocycles. The maximum absolute atomic E-state index is 5.52. The van der Waals surface area contributed by atoms with Gasteiger partial charge in [-0.3, -0.25) is 8.97 Å². The first-order valence-electron chi connectivity index (χ1n) is 16.2. The molecule has 0 unspecified atom stereocenters. The maximum Gasteiger partial charge on any atom is 0.165 e. The second-order valence-electron chi connectivity index (χ2n) is 12.4. The summed E-state index contributed by atoms with van der Waals surface area (Å²) < 4.78 is 4.73. The zero-order valence-electron chi connectivity index (χ0n) is 25.7. The molecule has 11 rings (SSSR count). The molecule has 0 saturated heterocycles. The molecule has 0 atom stereocenters. The third-order valence-corrected chi connectivity index (χ3v) is 9.84. The molecule has 222 valence electrons. The Labute approximate surface area is 274 Å². The number of pyridine rings is 1. The van der Waals surface area contributed by atoms with Crippen molar-refractivity contribution >= 4 is 82.0 Å². The van der Waals surface area contributed by atoms with Crippen molar-refractivity contribution < 1.29 is 0 Å². The highest BCUT2D eigenvalue weighted by molar-refractivity contribution is 6.32. The van der Waals surface area contributed by atoms with Crippen molar-refractivity contribution in [1.82, 2.24) is 23.9 Å². The van der Waals surface area contributed by atoms with Gasteiger partial charge in [0.05, 0.1) is 38.6 Å². The van der Waals surface area contributed by atoms with E-state index in [2.05, 4.69) is 130 Å². The summed E-state index contributed by atoms with van der Waals surface area (Å²) in [7, 11) is 0. The largest absolute Gasteiger partial charge is 0.290 e. The third kappa shape index (κ3) is 3.32. The lowest BCUT2D eigenvalue weighted by molar-refractivity contribution is 1.08. The lowest BCUT2D eigenvalue weighted by atomic mass is 10.0. The Morgan fingerprint density at radius 3 is 1.77 bits per heavy atom. The number of fused-ring (bicyclic) bond motifs is 16. The summed E-state index contributed by atoms with van der Waals surface area (Å²) in [5, 5.41) is 8.17. The molecule has 0 radical (unpaired) electrons. The summed E-state index contributed by atoms with van der Waals surface area (Å²) >= 11 is 0. The van der Waals surface area contributed by atoms with Crippen LogP contribution in [-0.4, -0.2) is 23.9 Å². The standard InChI is InChI=1S/C43H25N5/c1-2-14-26(15-3-1)38-43(45-34-23-11-10-22-33(34)44-38)47-36-25-13-9-21-32(36)37-29-18-5-6-19-30(29)39-41(40(37)47)48-35-24-12-8-17-28(35)27-16-4-7-20-31(27)42(48)46-39/h1-25H. The fourth-order valence-corrected chi connectivity index (χ4v) is 7.85. The summed E-state index contributed by atoms with van der Waals surface area (Å²) in [6, 6.07) is 53.3. The summed E-state index contributed by atoms with van der Waals surface area (Å²) in [6.45, 7) is 0. The quantitative estimate of drug-likeness (QED) is 0.183. The number of hydrogen-bond donors (Lipinski definition) is 0. The number of rotatable bonds is 2. The Bertz CT molecular complexity index is 3120. The van der Waals surface area contributed by atoms with Crippen molar-refractivity contribution in [2.24, 2.45) is 0 Å². The van der Waals surface area contributed by atoms with E-state index >= 15 is 0 Å². The van der Waals surface area contributed by atoms with Crippen LogP contribution in [0.15, 0.2) is 152 Å². The highest BCUT2D eigenvalue weighted by atomic mass is 15.1. The molecule has 0 aliphatic rings. The van der Waals surface area contributed by atoms with Crippen LogP contribution in [0.4, 0.5) is 0 Å². The van der Waals surface area contributed by atoms with Crippen LogP contribution in [0.5, 0.6) is 0 Å². The minimum atomic E-state index is 0.794. The molecule has 0 N–H and O–H groups in total. The Balaban J connectivity index is 1.47. The van der Waals surface area contributed by atoms with E-state index in [0.29, 0.717) is 0 Å². The molecule has 0 aliphatic carbocycles. The first-order chi connectivity index (χ1) is 23.8. The maximum atomic E-state index is 5.52. The zero-order valence-corrected chi connectivity index (χ0v) is 25.7. The topological polar surface area (TPSA) is 48.0 Å². The monoisotopic (exact) mass is 611 g/mol. The lowest BCUT2D eigenvalue weighted by Crippen LogP contribution is -2.04. The average Bonchev–Trinajstić information content (AvgIpc) is 3.73. The van der Waals surface area contributed by atoms with Crippen molar-refractivity contribution in [3.8, 4) is 17.1 Å². The number of benzene rings is 7. The fraction of sp³-hybridized carbons (Fsp3) is 0. The van der Waals surface area contributed by atoms with Gasteiger partial charge in [0.1, 0.15) is 11.3 Å². The molecule has 0 aliphatic heterocycles. The van der Waals surface area contributed by atoms with Crippen LogP contribution in [0.2, 0.25) is 0 Å². The van der Waals surface area contributed by atoms with E-state index in [1.54, 1.807) is 0 Å². The summed E-state index contributed by atoms with van der Waals surface area (Å²) in [6.07, 6.45) is 0.